The molecule has 0 spiro atoms. The minimum absolute atomic E-state index is 0.0285. The summed E-state index contributed by atoms with van der Waals surface area (Å²) in [7, 11) is 0. The van der Waals surface area contributed by atoms with Crippen molar-refractivity contribution in [3.63, 3.8) is 0 Å². The fourth-order valence-corrected chi connectivity index (χ4v) is 0.806. The molecule has 0 aromatic heterocycles. The van der Waals surface area contributed by atoms with E-state index in [4.69, 9.17) is 10.2 Å². The largest absolute Gasteiger partial charge is 0.394 e. The molecule has 0 aromatic carbocycles. The molecule has 0 fully saturated rings. The van der Waals surface area contributed by atoms with Crippen LogP contribution in [0.1, 0.15) is 13.8 Å². The van der Waals surface area contributed by atoms with Crippen molar-refractivity contribution in [2.24, 2.45) is 0 Å². The molecule has 0 bridgehead atoms. The SMILES string of the molecule is CC(=O)NC(C)C(=O)NCC(O)CO. The molecule has 82 valence electrons. The van der Waals surface area contributed by atoms with Crippen LogP contribution in [0.25, 0.3) is 0 Å². The van der Waals surface area contributed by atoms with Crippen LogP contribution in [0.3, 0.4) is 0 Å². The van der Waals surface area contributed by atoms with Crippen LogP contribution >= 0.6 is 0 Å². The lowest BCUT2D eigenvalue weighted by Gasteiger charge is -2.14. The molecule has 0 saturated heterocycles. The van der Waals surface area contributed by atoms with E-state index in [0.29, 0.717) is 0 Å². The first-order chi connectivity index (χ1) is 6.47. The summed E-state index contributed by atoms with van der Waals surface area (Å²) < 4.78 is 0. The Hall–Kier alpha value is -1.14. The predicted octanol–water partition coefficient (Wildman–Crippen LogP) is -2.02. The van der Waals surface area contributed by atoms with Crippen LogP contribution in [0, 0.1) is 0 Å². The molecule has 2 unspecified atom stereocenters. The van der Waals surface area contributed by atoms with E-state index in [0.717, 1.165) is 0 Å². The lowest BCUT2D eigenvalue weighted by Crippen LogP contribution is -2.46. The lowest BCUT2D eigenvalue weighted by molar-refractivity contribution is -0.128. The van der Waals surface area contributed by atoms with Gasteiger partial charge < -0.3 is 20.8 Å². The molecule has 2 amide bonds. The quantitative estimate of drug-likeness (QED) is 0.415. The maximum absolute atomic E-state index is 11.2. The maximum atomic E-state index is 11.2. The van der Waals surface area contributed by atoms with Crippen molar-refractivity contribution in [2.45, 2.75) is 26.0 Å². The van der Waals surface area contributed by atoms with E-state index in [1.54, 1.807) is 0 Å². The number of hydrogen-bond donors (Lipinski definition) is 4. The molecule has 0 aliphatic carbocycles. The topological polar surface area (TPSA) is 98.7 Å². The lowest BCUT2D eigenvalue weighted by atomic mass is 10.3. The average Bonchev–Trinajstić information content (AvgIpc) is 2.12. The second-order valence-corrected chi connectivity index (χ2v) is 3.00. The summed E-state index contributed by atoms with van der Waals surface area (Å²) in [6.45, 7) is 2.41. The van der Waals surface area contributed by atoms with Crippen LogP contribution in [0.15, 0.2) is 0 Å². The van der Waals surface area contributed by atoms with Gasteiger partial charge in [0.2, 0.25) is 11.8 Å². The van der Waals surface area contributed by atoms with Gasteiger partial charge in [-0.2, -0.15) is 0 Å². The summed E-state index contributed by atoms with van der Waals surface area (Å²) in [4.78, 5) is 21.8. The number of hydrogen-bond acceptors (Lipinski definition) is 4. The zero-order valence-electron chi connectivity index (χ0n) is 8.28. The second-order valence-electron chi connectivity index (χ2n) is 3.00. The molecular formula is C8H16N2O4. The van der Waals surface area contributed by atoms with E-state index in [-0.39, 0.29) is 12.5 Å². The van der Waals surface area contributed by atoms with Crippen molar-refractivity contribution >= 4 is 11.8 Å². The molecule has 0 radical (unpaired) electrons. The number of nitrogens with one attached hydrogen (secondary N) is 2. The Morgan fingerprint density at radius 3 is 2.43 bits per heavy atom. The van der Waals surface area contributed by atoms with Crippen molar-refractivity contribution in [2.75, 3.05) is 13.2 Å². The molecule has 6 nitrogen and oxygen atoms in total. The number of aliphatic hydroxyl groups excluding tert-OH is 2. The van der Waals surface area contributed by atoms with Crippen LogP contribution in [-0.2, 0) is 9.59 Å². The van der Waals surface area contributed by atoms with E-state index >= 15 is 0 Å². The molecule has 6 heteroatoms. The highest BCUT2D eigenvalue weighted by Gasteiger charge is 2.13. The van der Waals surface area contributed by atoms with Gasteiger partial charge in [0, 0.05) is 13.5 Å². The van der Waals surface area contributed by atoms with Gasteiger partial charge in [-0.15, -0.1) is 0 Å². The first-order valence-electron chi connectivity index (χ1n) is 4.31. The van der Waals surface area contributed by atoms with Crippen LogP contribution in [0.4, 0.5) is 0 Å². The maximum Gasteiger partial charge on any atom is 0.242 e. The van der Waals surface area contributed by atoms with Gasteiger partial charge in [0.15, 0.2) is 0 Å². The fraction of sp³-hybridized carbons (Fsp3) is 0.750. The van der Waals surface area contributed by atoms with Gasteiger partial charge >= 0.3 is 0 Å². The van der Waals surface area contributed by atoms with Crippen molar-refractivity contribution in [3.8, 4) is 0 Å². The van der Waals surface area contributed by atoms with Gasteiger partial charge in [-0.25, -0.2) is 0 Å². The monoisotopic (exact) mass is 204 g/mol. The molecule has 2 atom stereocenters. The normalized spacial score (nSPS) is 14.3. The Balaban J connectivity index is 3.78. The smallest absolute Gasteiger partial charge is 0.242 e. The standard InChI is InChI=1S/C8H16N2O4/c1-5(10-6(2)12)8(14)9-3-7(13)4-11/h5,7,11,13H,3-4H2,1-2H3,(H,9,14)(H,10,12). The van der Waals surface area contributed by atoms with Crippen LogP contribution in [0.2, 0.25) is 0 Å². The third-order valence-electron chi connectivity index (χ3n) is 1.54. The number of aliphatic hydroxyl groups is 2. The van der Waals surface area contributed by atoms with Crippen molar-refractivity contribution in [3.05, 3.63) is 0 Å². The zero-order valence-corrected chi connectivity index (χ0v) is 8.28. The van der Waals surface area contributed by atoms with Crippen LogP contribution in [0.5, 0.6) is 0 Å². The first kappa shape index (κ1) is 12.9. The van der Waals surface area contributed by atoms with Gasteiger partial charge in [-0.1, -0.05) is 0 Å². The van der Waals surface area contributed by atoms with Gasteiger partial charge in [0.05, 0.1) is 12.7 Å². The minimum Gasteiger partial charge on any atom is -0.394 e. The highest BCUT2D eigenvalue weighted by molar-refractivity contribution is 5.86. The molecule has 0 aliphatic rings. The Labute approximate surface area is 82.3 Å². The molecule has 14 heavy (non-hydrogen) atoms. The zero-order chi connectivity index (χ0) is 11.1. The van der Waals surface area contributed by atoms with E-state index in [1.807, 2.05) is 0 Å². The molecular weight excluding hydrogens is 188 g/mol. The Morgan fingerprint density at radius 1 is 1.43 bits per heavy atom. The summed E-state index contributed by atoms with van der Waals surface area (Å²) in [6, 6.07) is -0.640. The molecule has 0 aromatic rings. The Bertz CT molecular complexity index is 208. The number of carbonyl (C=O) groups excluding carboxylic acids is 2. The van der Waals surface area contributed by atoms with Gasteiger partial charge in [0.1, 0.15) is 6.04 Å². The van der Waals surface area contributed by atoms with Gasteiger partial charge in [-0.05, 0) is 6.92 Å². The summed E-state index contributed by atoms with van der Waals surface area (Å²) in [5, 5.41) is 22.1. The van der Waals surface area contributed by atoms with Crippen LogP contribution in [-0.4, -0.2) is 47.3 Å². The van der Waals surface area contributed by atoms with Crippen molar-refractivity contribution in [1.29, 1.82) is 0 Å². The summed E-state index contributed by atoms with van der Waals surface area (Å²) in [6.07, 6.45) is -0.969. The number of rotatable bonds is 5. The Kier molecular flexibility index (Phi) is 5.82. The second kappa shape index (κ2) is 6.33. The third kappa shape index (κ3) is 5.50. The highest BCUT2D eigenvalue weighted by atomic mass is 16.3. The molecule has 4 N–H and O–H groups in total. The predicted molar refractivity (Wildman–Crippen MR) is 49.4 cm³/mol. The minimum atomic E-state index is -0.969. The van der Waals surface area contributed by atoms with E-state index in [1.165, 1.54) is 13.8 Å². The molecule has 0 rings (SSSR count). The molecule has 0 saturated carbocycles. The third-order valence-corrected chi connectivity index (χ3v) is 1.54. The van der Waals surface area contributed by atoms with Gasteiger partial charge in [0.25, 0.3) is 0 Å². The average molecular weight is 204 g/mol. The van der Waals surface area contributed by atoms with Crippen molar-refractivity contribution < 1.29 is 19.8 Å². The summed E-state index contributed by atoms with van der Waals surface area (Å²) >= 11 is 0. The number of carbonyl (C=O) groups is 2. The van der Waals surface area contributed by atoms with E-state index in [9.17, 15) is 9.59 Å². The van der Waals surface area contributed by atoms with E-state index in [2.05, 4.69) is 10.6 Å². The fourth-order valence-electron chi connectivity index (χ4n) is 0.806. The molecule has 0 heterocycles. The molecule has 0 aliphatic heterocycles. The summed E-state index contributed by atoms with van der Waals surface area (Å²) in [5.41, 5.74) is 0. The summed E-state index contributed by atoms with van der Waals surface area (Å²) in [5.74, 6) is -0.692. The van der Waals surface area contributed by atoms with Crippen molar-refractivity contribution in [1.82, 2.24) is 10.6 Å². The van der Waals surface area contributed by atoms with E-state index < -0.39 is 24.7 Å². The number of amides is 2. The Morgan fingerprint density at radius 2 is 2.00 bits per heavy atom. The van der Waals surface area contributed by atoms with Gasteiger partial charge in [-0.3, -0.25) is 9.59 Å². The highest BCUT2D eigenvalue weighted by Crippen LogP contribution is 1.83. The first-order valence-corrected chi connectivity index (χ1v) is 4.31. The van der Waals surface area contributed by atoms with Crippen LogP contribution < -0.4 is 10.6 Å².